The molecule has 0 fully saturated rings. The molecule has 25 heavy (non-hydrogen) atoms. The molecular formula is C19H22N3O2S+. The van der Waals surface area contributed by atoms with Crippen molar-refractivity contribution in [3.8, 4) is 0 Å². The summed E-state index contributed by atoms with van der Waals surface area (Å²) >= 11 is 1.31. The molecule has 1 heterocycles. The zero-order valence-corrected chi connectivity index (χ0v) is 15.2. The van der Waals surface area contributed by atoms with Gasteiger partial charge in [-0.3, -0.25) is 4.79 Å². The number of carbonyl (C=O) groups is 1. The second-order valence-electron chi connectivity index (χ2n) is 6.08. The Hall–Kier alpha value is -2.31. The molecule has 1 aromatic heterocycles. The number of fused-ring (bicyclic) bond motifs is 1. The number of rotatable bonds is 7. The third-order valence-electron chi connectivity index (χ3n) is 4.00. The van der Waals surface area contributed by atoms with Crippen molar-refractivity contribution < 1.29 is 14.1 Å². The van der Waals surface area contributed by atoms with Gasteiger partial charge in [0.25, 0.3) is 5.22 Å². The van der Waals surface area contributed by atoms with Gasteiger partial charge in [0.05, 0.1) is 26.4 Å². The van der Waals surface area contributed by atoms with Crippen molar-refractivity contribution in [1.29, 1.82) is 0 Å². The van der Waals surface area contributed by atoms with E-state index in [2.05, 4.69) is 36.5 Å². The summed E-state index contributed by atoms with van der Waals surface area (Å²) in [4.78, 5) is 17.8. The van der Waals surface area contributed by atoms with E-state index in [9.17, 15) is 4.79 Å². The highest BCUT2D eigenvalue weighted by Crippen LogP contribution is 2.22. The summed E-state index contributed by atoms with van der Waals surface area (Å²) in [7, 11) is 4.19. The Kier molecular flexibility index (Phi) is 5.73. The van der Waals surface area contributed by atoms with E-state index in [0.29, 0.717) is 11.8 Å². The fourth-order valence-corrected chi connectivity index (χ4v) is 3.32. The van der Waals surface area contributed by atoms with Crippen molar-refractivity contribution in [2.24, 2.45) is 0 Å². The molecule has 1 atom stereocenters. The first-order valence-corrected chi connectivity index (χ1v) is 9.22. The van der Waals surface area contributed by atoms with Gasteiger partial charge in [0, 0.05) is 5.56 Å². The fourth-order valence-electron chi connectivity index (χ4n) is 2.65. The third-order valence-corrected chi connectivity index (χ3v) is 4.83. The maximum absolute atomic E-state index is 12.2. The number of para-hydroxylation sites is 2. The van der Waals surface area contributed by atoms with E-state index in [1.54, 1.807) is 0 Å². The number of thioether (sulfide) groups is 1. The van der Waals surface area contributed by atoms with Crippen LogP contribution in [0, 0.1) is 0 Å². The minimum absolute atomic E-state index is 0.0190. The van der Waals surface area contributed by atoms with Crippen molar-refractivity contribution in [2.45, 2.75) is 11.3 Å². The number of amides is 1. The van der Waals surface area contributed by atoms with Gasteiger partial charge in [-0.25, -0.2) is 4.98 Å². The van der Waals surface area contributed by atoms with Crippen LogP contribution in [0.4, 0.5) is 0 Å². The number of aromatic nitrogens is 1. The van der Waals surface area contributed by atoms with Crippen LogP contribution in [0.1, 0.15) is 11.6 Å². The van der Waals surface area contributed by atoms with Crippen molar-refractivity contribution >= 4 is 28.8 Å². The van der Waals surface area contributed by atoms with Crippen LogP contribution in [0.5, 0.6) is 0 Å². The number of hydrogen-bond acceptors (Lipinski definition) is 4. The van der Waals surface area contributed by atoms with Crippen LogP contribution in [0.25, 0.3) is 11.1 Å². The topological polar surface area (TPSA) is 59.6 Å². The molecule has 0 aliphatic heterocycles. The summed E-state index contributed by atoms with van der Waals surface area (Å²) in [5.41, 5.74) is 2.77. The number of nitrogens with zero attached hydrogens (tertiary/aromatic N) is 1. The quantitative estimate of drug-likeness (QED) is 0.635. The molecule has 2 N–H and O–H groups in total. The molecule has 3 rings (SSSR count). The molecule has 0 aliphatic rings. The molecule has 0 aliphatic carbocycles. The van der Waals surface area contributed by atoms with E-state index in [4.69, 9.17) is 4.42 Å². The molecule has 3 aromatic rings. The highest BCUT2D eigenvalue weighted by Gasteiger charge is 2.18. The van der Waals surface area contributed by atoms with E-state index in [1.165, 1.54) is 22.2 Å². The van der Waals surface area contributed by atoms with Gasteiger partial charge in [0.15, 0.2) is 5.58 Å². The van der Waals surface area contributed by atoms with Gasteiger partial charge < -0.3 is 14.6 Å². The van der Waals surface area contributed by atoms with Crippen LogP contribution >= 0.6 is 11.8 Å². The Morgan fingerprint density at radius 3 is 2.60 bits per heavy atom. The van der Waals surface area contributed by atoms with Crippen molar-refractivity contribution in [3.05, 3.63) is 60.2 Å². The normalized spacial score (nSPS) is 12.4. The number of oxazole rings is 1. The molecule has 0 saturated carbocycles. The lowest BCUT2D eigenvalue weighted by Gasteiger charge is -2.22. The van der Waals surface area contributed by atoms with E-state index < -0.39 is 0 Å². The number of carbonyl (C=O) groups excluding carboxylic acids is 1. The average molecular weight is 356 g/mol. The van der Waals surface area contributed by atoms with Crippen LogP contribution in [-0.2, 0) is 4.79 Å². The van der Waals surface area contributed by atoms with Gasteiger partial charge in [-0.1, -0.05) is 54.2 Å². The van der Waals surface area contributed by atoms with Crippen LogP contribution in [-0.4, -0.2) is 37.3 Å². The molecule has 0 radical (unpaired) electrons. The Morgan fingerprint density at radius 1 is 1.16 bits per heavy atom. The molecule has 6 heteroatoms. The number of hydrogen-bond donors (Lipinski definition) is 2. The lowest BCUT2D eigenvalue weighted by Crippen LogP contribution is -3.07. The molecule has 2 aromatic carbocycles. The van der Waals surface area contributed by atoms with Gasteiger partial charge in [-0.05, 0) is 12.1 Å². The minimum atomic E-state index is -0.0190. The molecule has 0 bridgehead atoms. The van der Waals surface area contributed by atoms with Gasteiger partial charge in [-0.2, -0.15) is 0 Å². The molecule has 1 amide bonds. The number of likely N-dealkylation sites (N-methyl/N-ethyl adjacent to an activating group) is 1. The smallest absolute Gasteiger partial charge is 0.257 e. The fraction of sp³-hybridized carbons (Fsp3) is 0.263. The predicted molar refractivity (Wildman–Crippen MR) is 99.7 cm³/mol. The third kappa shape index (κ3) is 4.61. The Labute approximate surface area is 151 Å². The maximum atomic E-state index is 12.2. The summed E-state index contributed by atoms with van der Waals surface area (Å²) in [6.07, 6.45) is 0. The first-order chi connectivity index (χ1) is 12.1. The molecule has 0 unspecified atom stereocenters. The van der Waals surface area contributed by atoms with E-state index in [1.807, 2.05) is 42.5 Å². The van der Waals surface area contributed by atoms with Gasteiger partial charge in [-0.15, -0.1) is 0 Å². The Bertz CT molecular complexity index is 800. The monoisotopic (exact) mass is 356 g/mol. The second kappa shape index (κ2) is 8.18. The summed E-state index contributed by atoms with van der Waals surface area (Å²) in [6.45, 7) is 0.597. The SMILES string of the molecule is C[NH+](C)[C@H](CNC(=O)CSc1nc2ccccc2o1)c1ccccc1. The maximum Gasteiger partial charge on any atom is 0.257 e. The number of quaternary nitrogens is 1. The standard InChI is InChI=1S/C19H21N3O2S/c1-22(2)16(14-8-4-3-5-9-14)12-20-18(23)13-25-19-21-15-10-6-7-11-17(15)24-19/h3-11,16H,12-13H2,1-2H3,(H,20,23)/p+1/t16-/m1/s1. The number of benzene rings is 2. The highest BCUT2D eigenvalue weighted by molar-refractivity contribution is 7.99. The lowest BCUT2D eigenvalue weighted by molar-refractivity contribution is -0.890. The Morgan fingerprint density at radius 2 is 1.88 bits per heavy atom. The van der Waals surface area contributed by atoms with Gasteiger partial charge in [0.1, 0.15) is 11.6 Å². The molecular weight excluding hydrogens is 334 g/mol. The summed E-state index contributed by atoms with van der Waals surface area (Å²) in [6, 6.07) is 18.0. The molecule has 5 nitrogen and oxygen atoms in total. The first-order valence-electron chi connectivity index (χ1n) is 8.23. The van der Waals surface area contributed by atoms with Crippen molar-refractivity contribution in [3.63, 3.8) is 0 Å². The lowest BCUT2D eigenvalue weighted by atomic mass is 10.1. The van der Waals surface area contributed by atoms with Crippen LogP contribution in [0.2, 0.25) is 0 Å². The second-order valence-corrected chi connectivity index (χ2v) is 7.01. The van der Waals surface area contributed by atoms with Crippen LogP contribution < -0.4 is 10.2 Å². The Balaban J connectivity index is 1.53. The van der Waals surface area contributed by atoms with Crippen molar-refractivity contribution in [2.75, 3.05) is 26.4 Å². The number of nitrogens with one attached hydrogen (secondary N) is 2. The minimum Gasteiger partial charge on any atom is -0.431 e. The largest absolute Gasteiger partial charge is 0.431 e. The van der Waals surface area contributed by atoms with Gasteiger partial charge >= 0.3 is 0 Å². The van der Waals surface area contributed by atoms with E-state index in [-0.39, 0.29) is 17.7 Å². The zero-order valence-electron chi connectivity index (χ0n) is 14.4. The summed E-state index contributed by atoms with van der Waals surface area (Å²) < 4.78 is 5.62. The van der Waals surface area contributed by atoms with E-state index >= 15 is 0 Å². The zero-order chi connectivity index (χ0) is 17.6. The first kappa shape index (κ1) is 17.5. The molecule has 0 saturated heterocycles. The predicted octanol–water partition coefficient (Wildman–Crippen LogP) is 1.92. The van der Waals surface area contributed by atoms with E-state index in [0.717, 1.165) is 11.1 Å². The average Bonchev–Trinajstić information content (AvgIpc) is 3.04. The van der Waals surface area contributed by atoms with Crippen molar-refractivity contribution in [1.82, 2.24) is 10.3 Å². The van der Waals surface area contributed by atoms with Crippen LogP contribution in [0.15, 0.2) is 64.2 Å². The molecule has 130 valence electrons. The summed E-state index contributed by atoms with van der Waals surface area (Å²) in [5, 5.41) is 3.54. The van der Waals surface area contributed by atoms with Crippen LogP contribution in [0.3, 0.4) is 0 Å². The molecule has 0 spiro atoms. The summed E-state index contributed by atoms with van der Waals surface area (Å²) in [5.74, 6) is 0.270. The highest BCUT2D eigenvalue weighted by atomic mass is 32.2. The van der Waals surface area contributed by atoms with Gasteiger partial charge in [0.2, 0.25) is 5.91 Å².